The van der Waals surface area contributed by atoms with Gasteiger partial charge in [-0.3, -0.25) is 0 Å². The number of carbonyl (C=O) groups excluding carboxylic acids is 1. The standard InChI is InChI=1S/C18H15Cl2NO/c1-21-17-9-8-14(20)11-16(17)15(3-2-10-22)18(21)12-4-6-13(19)7-5-12/h4-11H,2-3H2,1H3. The quantitative estimate of drug-likeness (QED) is 0.596. The van der Waals surface area contributed by atoms with Crippen LogP contribution in [0.3, 0.4) is 0 Å². The maximum atomic E-state index is 10.8. The van der Waals surface area contributed by atoms with Crippen LogP contribution in [0.15, 0.2) is 42.5 Å². The molecule has 0 atom stereocenters. The first kappa shape index (κ1) is 15.1. The fourth-order valence-electron chi connectivity index (χ4n) is 2.92. The van der Waals surface area contributed by atoms with E-state index < -0.39 is 0 Å². The van der Waals surface area contributed by atoms with Crippen molar-refractivity contribution in [2.24, 2.45) is 7.05 Å². The molecular weight excluding hydrogens is 317 g/mol. The van der Waals surface area contributed by atoms with Crippen LogP contribution in [0.25, 0.3) is 22.2 Å². The van der Waals surface area contributed by atoms with Crippen molar-refractivity contribution in [3.05, 3.63) is 58.1 Å². The molecule has 0 saturated heterocycles. The van der Waals surface area contributed by atoms with Gasteiger partial charge in [-0.1, -0.05) is 35.3 Å². The molecule has 2 nitrogen and oxygen atoms in total. The van der Waals surface area contributed by atoms with E-state index in [1.165, 1.54) is 0 Å². The molecule has 0 radical (unpaired) electrons. The van der Waals surface area contributed by atoms with E-state index in [0.29, 0.717) is 22.9 Å². The molecule has 0 aliphatic carbocycles. The van der Waals surface area contributed by atoms with E-state index in [0.717, 1.165) is 34.0 Å². The number of hydrogen-bond acceptors (Lipinski definition) is 1. The van der Waals surface area contributed by atoms with E-state index in [4.69, 9.17) is 23.2 Å². The van der Waals surface area contributed by atoms with Gasteiger partial charge in [-0.25, -0.2) is 0 Å². The molecule has 0 amide bonds. The van der Waals surface area contributed by atoms with E-state index in [1.54, 1.807) is 0 Å². The summed E-state index contributed by atoms with van der Waals surface area (Å²) in [7, 11) is 2.03. The minimum Gasteiger partial charge on any atom is -0.343 e. The van der Waals surface area contributed by atoms with Crippen LogP contribution in [0.4, 0.5) is 0 Å². The van der Waals surface area contributed by atoms with Crippen LogP contribution < -0.4 is 0 Å². The van der Waals surface area contributed by atoms with Crippen LogP contribution in [0, 0.1) is 0 Å². The predicted octanol–water partition coefficient (Wildman–Crippen LogP) is 5.28. The Morgan fingerprint density at radius 1 is 1.05 bits per heavy atom. The molecule has 1 heterocycles. The monoisotopic (exact) mass is 331 g/mol. The number of rotatable bonds is 4. The van der Waals surface area contributed by atoms with Gasteiger partial charge in [0, 0.05) is 34.4 Å². The molecule has 0 aliphatic heterocycles. The Morgan fingerprint density at radius 2 is 1.73 bits per heavy atom. The number of aromatic nitrogens is 1. The summed E-state index contributed by atoms with van der Waals surface area (Å²) in [4.78, 5) is 10.8. The minimum absolute atomic E-state index is 0.492. The third kappa shape index (κ3) is 2.65. The van der Waals surface area contributed by atoms with Crippen LogP contribution in [0.2, 0.25) is 10.0 Å². The molecular formula is C18H15Cl2NO. The Kier molecular flexibility index (Phi) is 4.23. The first-order valence-electron chi connectivity index (χ1n) is 7.08. The van der Waals surface area contributed by atoms with Gasteiger partial charge in [0.2, 0.25) is 0 Å². The molecule has 0 saturated carbocycles. The molecule has 0 fully saturated rings. The van der Waals surface area contributed by atoms with Crippen molar-refractivity contribution >= 4 is 40.4 Å². The highest BCUT2D eigenvalue weighted by Crippen LogP contribution is 2.35. The van der Waals surface area contributed by atoms with Crippen molar-refractivity contribution in [3.8, 4) is 11.3 Å². The maximum Gasteiger partial charge on any atom is 0.120 e. The molecule has 3 rings (SSSR count). The van der Waals surface area contributed by atoms with Gasteiger partial charge >= 0.3 is 0 Å². The Labute approximate surface area is 139 Å². The number of carbonyl (C=O) groups is 1. The molecule has 2 aromatic carbocycles. The minimum atomic E-state index is 0.492. The lowest BCUT2D eigenvalue weighted by molar-refractivity contribution is -0.107. The normalized spacial score (nSPS) is 11.0. The third-order valence-corrected chi connectivity index (χ3v) is 4.38. The van der Waals surface area contributed by atoms with Crippen molar-refractivity contribution in [3.63, 3.8) is 0 Å². The Balaban J connectivity index is 2.28. The molecule has 4 heteroatoms. The summed E-state index contributed by atoms with van der Waals surface area (Å²) in [6, 6.07) is 13.6. The molecule has 0 N–H and O–H groups in total. The van der Waals surface area contributed by atoms with Gasteiger partial charge in [0.15, 0.2) is 0 Å². The van der Waals surface area contributed by atoms with Crippen LogP contribution in [0.1, 0.15) is 12.0 Å². The van der Waals surface area contributed by atoms with Crippen LogP contribution in [-0.2, 0) is 18.3 Å². The second kappa shape index (κ2) is 6.15. The predicted molar refractivity (Wildman–Crippen MR) is 92.8 cm³/mol. The first-order chi connectivity index (χ1) is 10.6. The van der Waals surface area contributed by atoms with Gasteiger partial charge in [-0.15, -0.1) is 0 Å². The first-order valence-corrected chi connectivity index (χ1v) is 7.84. The number of benzene rings is 2. The van der Waals surface area contributed by atoms with Crippen molar-refractivity contribution in [2.75, 3.05) is 0 Å². The Bertz CT molecular complexity index is 834. The average molecular weight is 332 g/mol. The van der Waals surface area contributed by atoms with Gasteiger partial charge in [-0.05, 0) is 47.9 Å². The van der Waals surface area contributed by atoms with E-state index in [2.05, 4.69) is 4.57 Å². The smallest absolute Gasteiger partial charge is 0.120 e. The van der Waals surface area contributed by atoms with Gasteiger partial charge in [0.05, 0.1) is 5.69 Å². The zero-order chi connectivity index (χ0) is 15.7. The van der Waals surface area contributed by atoms with Crippen molar-refractivity contribution in [1.82, 2.24) is 4.57 Å². The molecule has 0 bridgehead atoms. The summed E-state index contributed by atoms with van der Waals surface area (Å²) in [6.07, 6.45) is 2.14. The number of fused-ring (bicyclic) bond motifs is 1. The Hall–Kier alpha value is -1.77. The van der Waals surface area contributed by atoms with Crippen molar-refractivity contribution < 1.29 is 4.79 Å². The summed E-state index contributed by atoms with van der Waals surface area (Å²) in [5.74, 6) is 0. The molecule has 0 aliphatic rings. The number of halogens is 2. The van der Waals surface area contributed by atoms with Crippen molar-refractivity contribution in [1.29, 1.82) is 0 Å². The molecule has 0 unspecified atom stereocenters. The molecule has 1 aromatic heterocycles. The summed E-state index contributed by atoms with van der Waals surface area (Å²) in [5.41, 5.74) is 4.44. The fourth-order valence-corrected chi connectivity index (χ4v) is 3.22. The molecule has 3 aromatic rings. The van der Waals surface area contributed by atoms with Gasteiger partial charge < -0.3 is 9.36 Å². The second-order valence-electron chi connectivity index (χ2n) is 5.26. The molecule has 22 heavy (non-hydrogen) atoms. The summed E-state index contributed by atoms with van der Waals surface area (Å²) in [6.45, 7) is 0. The van der Waals surface area contributed by atoms with E-state index in [1.807, 2.05) is 49.5 Å². The largest absolute Gasteiger partial charge is 0.343 e. The lowest BCUT2D eigenvalue weighted by atomic mass is 10.0. The zero-order valence-electron chi connectivity index (χ0n) is 12.1. The van der Waals surface area contributed by atoms with Crippen LogP contribution in [-0.4, -0.2) is 10.9 Å². The lowest BCUT2D eigenvalue weighted by Crippen LogP contribution is -1.95. The average Bonchev–Trinajstić information content (AvgIpc) is 2.78. The summed E-state index contributed by atoms with van der Waals surface area (Å²) in [5, 5.41) is 2.51. The van der Waals surface area contributed by atoms with Crippen LogP contribution >= 0.6 is 23.2 Å². The molecule has 112 valence electrons. The topological polar surface area (TPSA) is 22.0 Å². The number of hydrogen-bond donors (Lipinski definition) is 0. The number of nitrogens with zero attached hydrogens (tertiary/aromatic N) is 1. The van der Waals surface area contributed by atoms with Gasteiger partial charge in [0.25, 0.3) is 0 Å². The highest BCUT2D eigenvalue weighted by atomic mass is 35.5. The van der Waals surface area contributed by atoms with Gasteiger partial charge in [0.1, 0.15) is 6.29 Å². The van der Waals surface area contributed by atoms with Gasteiger partial charge in [-0.2, -0.15) is 0 Å². The fraction of sp³-hybridized carbons (Fsp3) is 0.167. The van der Waals surface area contributed by atoms with E-state index in [-0.39, 0.29) is 0 Å². The van der Waals surface area contributed by atoms with E-state index in [9.17, 15) is 4.79 Å². The van der Waals surface area contributed by atoms with Crippen molar-refractivity contribution in [2.45, 2.75) is 12.8 Å². The summed E-state index contributed by atoms with van der Waals surface area (Å²) >= 11 is 12.1. The number of aryl methyl sites for hydroxylation is 2. The maximum absolute atomic E-state index is 10.8. The molecule has 0 spiro atoms. The highest BCUT2D eigenvalue weighted by molar-refractivity contribution is 6.31. The third-order valence-electron chi connectivity index (χ3n) is 3.90. The highest BCUT2D eigenvalue weighted by Gasteiger charge is 2.16. The second-order valence-corrected chi connectivity index (χ2v) is 6.13. The summed E-state index contributed by atoms with van der Waals surface area (Å²) < 4.78 is 2.15. The SMILES string of the molecule is Cn1c(-c2ccc(Cl)cc2)c(CCC=O)c2cc(Cl)ccc21. The lowest BCUT2D eigenvalue weighted by Gasteiger charge is -2.08. The van der Waals surface area contributed by atoms with Crippen LogP contribution in [0.5, 0.6) is 0 Å². The van der Waals surface area contributed by atoms with E-state index >= 15 is 0 Å². The zero-order valence-corrected chi connectivity index (χ0v) is 13.7. The Morgan fingerprint density at radius 3 is 2.41 bits per heavy atom. The number of aldehydes is 1.